The Bertz CT molecular complexity index is 905. The van der Waals surface area contributed by atoms with Gasteiger partial charge in [0.1, 0.15) is 5.82 Å². The van der Waals surface area contributed by atoms with Crippen molar-refractivity contribution in [3.05, 3.63) is 71.0 Å². The molecule has 0 atom stereocenters. The Kier molecular flexibility index (Phi) is 4.75. The predicted octanol–water partition coefficient (Wildman–Crippen LogP) is 2.52. The first-order valence-corrected chi connectivity index (χ1v) is 8.74. The summed E-state index contributed by atoms with van der Waals surface area (Å²) in [6.45, 7) is 1.75. The van der Waals surface area contributed by atoms with Crippen LogP contribution in [0.3, 0.4) is 0 Å². The van der Waals surface area contributed by atoms with Crippen molar-refractivity contribution in [2.75, 3.05) is 13.2 Å². The van der Waals surface area contributed by atoms with Crippen LogP contribution < -0.4 is 5.32 Å². The molecule has 0 bridgehead atoms. The highest BCUT2D eigenvalue weighted by atomic mass is 16.5. The molecule has 6 heteroatoms. The average molecular weight is 348 g/mol. The highest BCUT2D eigenvalue weighted by molar-refractivity contribution is 5.96. The minimum absolute atomic E-state index is 0.0495. The van der Waals surface area contributed by atoms with E-state index in [1.807, 2.05) is 48.5 Å². The zero-order chi connectivity index (χ0) is 17.8. The van der Waals surface area contributed by atoms with Crippen LogP contribution in [0, 0.1) is 0 Å². The van der Waals surface area contributed by atoms with E-state index in [0.29, 0.717) is 32.0 Å². The summed E-state index contributed by atoms with van der Waals surface area (Å²) in [7, 11) is 0. The summed E-state index contributed by atoms with van der Waals surface area (Å²) in [6, 6.07) is 15.6. The Morgan fingerprint density at radius 3 is 2.92 bits per heavy atom. The Balaban J connectivity index is 1.37. The molecule has 2 aromatic carbocycles. The second kappa shape index (κ2) is 7.49. The van der Waals surface area contributed by atoms with Crippen LogP contribution in [0.5, 0.6) is 0 Å². The maximum Gasteiger partial charge on any atom is 0.251 e. The van der Waals surface area contributed by atoms with E-state index in [-0.39, 0.29) is 5.91 Å². The minimum Gasteiger partial charge on any atom is -0.376 e. The molecule has 3 aromatic rings. The number of ether oxygens (including phenoxy) is 1. The van der Waals surface area contributed by atoms with Crippen LogP contribution in [0.15, 0.2) is 48.5 Å². The van der Waals surface area contributed by atoms with Gasteiger partial charge < -0.3 is 10.1 Å². The molecule has 0 spiro atoms. The van der Waals surface area contributed by atoms with E-state index in [1.54, 1.807) is 0 Å². The van der Waals surface area contributed by atoms with E-state index < -0.39 is 0 Å². The molecular weight excluding hydrogens is 328 g/mol. The molecule has 0 aliphatic carbocycles. The number of carbonyl (C=O) groups excluding carboxylic acids is 1. The first kappa shape index (κ1) is 16.5. The van der Waals surface area contributed by atoms with Crippen molar-refractivity contribution in [2.24, 2.45) is 0 Å². The third-order valence-corrected chi connectivity index (χ3v) is 4.48. The van der Waals surface area contributed by atoms with Crippen LogP contribution in [0.1, 0.15) is 27.3 Å². The highest BCUT2D eigenvalue weighted by Crippen LogP contribution is 2.20. The summed E-state index contributed by atoms with van der Waals surface area (Å²) < 4.78 is 5.46. The van der Waals surface area contributed by atoms with Gasteiger partial charge in [-0.25, -0.2) is 4.98 Å². The van der Waals surface area contributed by atoms with Crippen molar-refractivity contribution in [1.29, 1.82) is 0 Å². The van der Waals surface area contributed by atoms with Crippen LogP contribution in [0.25, 0.3) is 11.4 Å². The van der Waals surface area contributed by atoms with E-state index >= 15 is 0 Å². The second-order valence-corrected chi connectivity index (χ2v) is 6.22. The first-order valence-electron chi connectivity index (χ1n) is 8.74. The number of hydrogen-bond acceptors (Lipinski definition) is 4. The topological polar surface area (TPSA) is 79.9 Å². The number of rotatable bonds is 5. The molecule has 1 aliphatic rings. The van der Waals surface area contributed by atoms with Crippen molar-refractivity contribution < 1.29 is 9.53 Å². The molecule has 2 N–H and O–H groups in total. The lowest BCUT2D eigenvalue weighted by Crippen LogP contribution is -2.28. The first-order chi connectivity index (χ1) is 12.8. The number of nitrogens with zero attached hydrogens (tertiary/aromatic N) is 2. The molecule has 1 aromatic heterocycles. The van der Waals surface area contributed by atoms with Crippen LogP contribution in [-0.4, -0.2) is 34.2 Å². The summed E-state index contributed by atoms with van der Waals surface area (Å²) in [5, 5.41) is 10.2. The van der Waals surface area contributed by atoms with Crippen LogP contribution in [-0.2, 0) is 24.2 Å². The predicted molar refractivity (Wildman–Crippen MR) is 97.7 cm³/mol. The van der Waals surface area contributed by atoms with E-state index in [2.05, 4.69) is 20.5 Å². The van der Waals surface area contributed by atoms with E-state index in [1.165, 1.54) is 0 Å². The van der Waals surface area contributed by atoms with Crippen molar-refractivity contribution >= 4 is 5.91 Å². The SMILES string of the molecule is O=C(NCCc1nc(-c2ccccc2)n[nH]1)c1cccc2c1CCOC2. The molecule has 2 heterocycles. The van der Waals surface area contributed by atoms with Gasteiger partial charge in [-0.2, -0.15) is 5.10 Å². The number of benzene rings is 2. The lowest BCUT2D eigenvalue weighted by molar-refractivity contribution is 0.0941. The highest BCUT2D eigenvalue weighted by Gasteiger charge is 2.17. The molecule has 6 nitrogen and oxygen atoms in total. The van der Waals surface area contributed by atoms with E-state index in [4.69, 9.17) is 4.74 Å². The number of H-pyrrole nitrogens is 1. The van der Waals surface area contributed by atoms with Gasteiger partial charge >= 0.3 is 0 Å². The number of nitrogens with one attached hydrogen (secondary N) is 2. The number of aromatic amines is 1. The fourth-order valence-electron chi connectivity index (χ4n) is 3.15. The van der Waals surface area contributed by atoms with Crippen molar-refractivity contribution in [3.8, 4) is 11.4 Å². The fourth-order valence-corrected chi connectivity index (χ4v) is 3.15. The summed E-state index contributed by atoms with van der Waals surface area (Å²) in [5.74, 6) is 1.38. The molecular formula is C20H20N4O2. The summed E-state index contributed by atoms with van der Waals surface area (Å²) in [5.41, 5.74) is 3.92. The van der Waals surface area contributed by atoms with Gasteiger partial charge in [0, 0.05) is 24.1 Å². The number of amides is 1. The standard InChI is InChI=1S/C20H20N4O2/c25-20(17-8-4-7-15-13-26-12-10-16(15)17)21-11-9-18-22-19(24-23-18)14-5-2-1-3-6-14/h1-8H,9-13H2,(H,21,25)(H,22,23,24). The van der Waals surface area contributed by atoms with Gasteiger partial charge in [0.2, 0.25) is 0 Å². The van der Waals surface area contributed by atoms with Gasteiger partial charge in [0.25, 0.3) is 5.91 Å². The van der Waals surface area contributed by atoms with Gasteiger partial charge in [-0.15, -0.1) is 0 Å². The maximum absolute atomic E-state index is 12.5. The van der Waals surface area contributed by atoms with Gasteiger partial charge in [-0.3, -0.25) is 9.89 Å². The van der Waals surface area contributed by atoms with Gasteiger partial charge in [-0.05, 0) is 23.6 Å². The number of fused-ring (bicyclic) bond motifs is 1. The quantitative estimate of drug-likeness (QED) is 0.742. The summed E-state index contributed by atoms with van der Waals surface area (Å²) >= 11 is 0. The third kappa shape index (κ3) is 3.50. The lowest BCUT2D eigenvalue weighted by atomic mass is 9.97. The van der Waals surface area contributed by atoms with Crippen LogP contribution in [0.4, 0.5) is 0 Å². The molecule has 0 unspecified atom stereocenters. The zero-order valence-electron chi connectivity index (χ0n) is 14.4. The third-order valence-electron chi connectivity index (χ3n) is 4.48. The van der Waals surface area contributed by atoms with Crippen LogP contribution >= 0.6 is 0 Å². The van der Waals surface area contributed by atoms with Crippen molar-refractivity contribution in [1.82, 2.24) is 20.5 Å². The van der Waals surface area contributed by atoms with Gasteiger partial charge in [-0.1, -0.05) is 42.5 Å². The molecule has 4 rings (SSSR count). The lowest BCUT2D eigenvalue weighted by Gasteiger charge is -2.19. The molecule has 132 valence electrons. The molecule has 0 saturated heterocycles. The largest absolute Gasteiger partial charge is 0.376 e. The molecule has 0 fully saturated rings. The van der Waals surface area contributed by atoms with E-state index in [9.17, 15) is 4.79 Å². The molecule has 1 amide bonds. The normalized spacial score (nSPS) is 13.2. The number of aromatic nitrogens is 3. The van der Waals surface area contributed by atoms with Crippen molar-refractivity contribution in [3.63, 3.8) is 0 Å². The Morgan fingerprint density at radius 1 is 1.15 bits per heavy atom. The van der Waals surface area contributed by atoms with E-state index in [0.717, 1.165) is 34.5 Å². The minimum atomic E-state index is -0.0495. The molecule has 26 heavy (non-hydrogen) atoms. The van der Waals surface area contributed by atoms with Crippen molar-refractivity contribution in [2.45, 2.75) is 19.4 Å². The van der Waals surface area contributed by atoms with Gasteiger partial charge in [0.15, 0.2) is 5.82 Å². The second-order valence-electron chi connectivity index (χ2n) is 6.22. The number of carbonyl (C=O) groups is 1. The molecule has 1 aliphatic heterocycles. The van der Waals surface area contributed by atoms with Gasteiger partial charge in [0.05, 0.1) is 13.2 Å². The zero-order valence-corrected chi connectivity index (χ0v) is 14.4. The summed E-state index contributed by atoms with van der Waals surface area (Å²) in [4.78, 5) is 17.0. The Morgan fingerprint density at radius 2 is 2.04 bits per heavy atom. The molecule has 0 saturated carbocycles. The monoisotopic (exact) mass is 348 g/mol. The summed E-state index contributed by atoms with van der Waals surface area (Å²) in [6.07, 6.45) is 1.38. The number of hydrogen-bond donors (Lipinski definition) is 2. The molecule has 0 radical (unpaired) electrons. The Labute approximate surface area is 151 Å². The fraction of sp³-hybridized carbons (Fsp3) is 0.250. The average Bonchev–Trinajstić information content (AvgIpc) is 3.17. The maximum atomic E-state index is 12.5. The van der Waals surface area contributed by atoms with Crippen LogP contribution in [0.2, 0.25) is 0 Å². The Hall–Kier alpha value is -2.99. The smallest absolute Gasteiger partial charge is 0.251 e.